The van der Waals surface area contributed by atoms with Crippen LogP contribution in [0.15, 0.2) is 23.1 Å². The van der Waals surface area contributed by atoms with Gasteiger partial charge in [0.1, 0.15) is 5.82 Å². The molecule has 19 heavy (non-hydrogen) atoms. The fourth-order valence-corrected chi connectivity index (χ4v) is 3.09. The number of anilines is 1. The largest absolute Gasteiger partial charge is 0.380 e. The number of rotatable bonds is 3. The Hall–Kier alpha value is -1.14. The average Bonchev–Trinajstić information content (AvgIpc) is 2.59. The van der Waals surface area contributed by atoms with Crippen LogP contribution in [0.4, 0.5) is 10.1 Å². The molecule has 1 fully saturated rings. The van der Waals surface area contributed by atoms with E-state index in [9.17, 15) is 12.8 Å². The lowest BCUT2D eigenvalue weighted by atomic mass is 9.92. The van der Waals surface area contributed by atoms with E-state index >= 15 is 0 Å². The Kier molecular flexibility index (Phi) is 3.57. The molecule has 1 atom stereocenters. The summed E-state index contributed by atoms with van der Waals surface area (Å²) in [5.74, 6) is -0.587. The highest BCUT2D eigenvalue weighted by atomic mass is 32.2. The van der Waals surface area contributed by atoms with Crippen molar-refractivity contribution in [3.63, 3.8) is 0 Å². The van der Waals surface area contributed by atoms with Crippen molar-refractivity contribution < 1.29 is 12.8 Å². The topological polar surface area (TPSA) is 72.2 Å². The van der Waals surface area contributed by atoms with Crippen molar-refractivity contribution in [2.45, 2.75) is 44.0 Å². The molecule has 1 aromatic rings. The molecule has 1 unspecified atom stereocenters. The van der Waals surface area contributed by atoms with E-state index in [-0.39, 0.29) is 16.4 Å². The lowest BCUT2D eigenvalue weighted by Crippen LogP contribution is -2.19. The molecule has 0 aromatic heterocycles. The first kappa shape index (κ1) is 14.3. The molecule has 0 bridgehead atoms. The number of hydrogen-bond donors (Lipinski definition) is 2. The number of hydrogen-bond acceptors (Lipinski definition) is 3. The molecule has 0 aliphatic heterocycles. The number of benzene rings is 1. The monoisotopic (exact) mass is 286 g/mol. The Morgan fingerprint density at radius 3 is 2.58 bits per heavy atom. The third-order valence-electron chi connectivity index (χ3n) is 3.60. The smallest absolute Gasteiger partial charge is 0.238 e. The fraction of sp³-hybridized carbons (Fsp3) is 0.538. The molecule has 1 aliphatic rings. The molecule has 0 saturated heterocycles. The molecule has 106 valence electrons. The fourth-order valence-electron chi connectivity index (χ4n) is 2.57. The molecular formula is C13H19FN2O2S. The first-order chi connectivity index (χ1) is 8.67. The summed E-state index contributed by atoms with van der Waals surface area (Å²) in [6.07, 6.45) is 3.06. The van der Waals surface area contributed by atoms with Crippen molar-refractivity contribution >= 4 is 15.7 Å². The summed E-state index contributed by atoms with van der Waals surface area (Å²) in [5.41, 5.74) is 0.601. The van der Waals surface area contributed by atoms with E-state index in [1.165, 1.54) is 12.1 Å². The van der Waals surface area contributed by atoms with E-state index in [4.69, 9.17) is 5.14 Å². The molecular weight excluding hydrogens is 267 g/mol. The molecule has 1 aliphatic carbocycles. The summed E-state index contributed by atoms with van der Waals surface area (Å²) >= 11 is 0. The van der Waals surface area contributed by atoms with Crippen LogP contribution in [0.1, 0.15) is 33.1 Å². The third-order valence-corrected chi connectivity index (χ3v) is 4.51. The third kappa shape index (κ3) is 3.45. The number of primary sulfonamides is 1. The molecule has 0 radical (unpaired) electrons. The maximum Gasteiger partial charge on any atom is 0.238 e. The van der Waals surface area contributed by atoms with Gasteiger partial charge < -0.3 is 5.32 Å². The first-order valence-electron chi connectivity index (χ1n) is 6.26. The molecule has 4 nitrogen and oxygen atoms in total. The number of nitrogens with two attached hydrogens (primary N) is 1. The van der Waals surface area contributed by atoms with Crippen LogP contribution in [-0.2, 0) is 10.0 Å². The van der Waals surface area contributed by atoms with Crippen LogP contribution in [0.5, 0.6) is 0 Å². The second kappa shape index (κ2) is 4.76. The Bertz CT molecular complexity index is 584. The van der Waals surface area contributed by atoms with Crippen molar-refractivity contribution in [3.8, 4) is 0 Å². The summed E-state index contributed by atoms with van der Waals surface area (Å²) in [4.78, 5) is -0.206. The van der Waals surface area contributed by atoms with Gasteiger partial charge in [-0.3, -0.25) is 0 Å². The van der Waals surface area contributed by atoms with E-state index in [2.05, 4.69) is 19.2 Å². The Labute approximate surface area is 113 Å². The number of sulfonamides is 1. The minimum Gasteiger partial charge on any atom is -0.380 e. The van der Waals surface area contributed by atoms with Gasteiger partial charge in [-0.25, -0.2) is 17.9 Å². The van der Waals surface area contributed by atoms with Crippen molar-refractivity contribution in [2.75, 3.05) is 5.32 Å². The number of nitrogens with one attached hydrogen (secondary N) is 1. The van der Waals surface area contributed by atoms with E-state index in [1.54, 1.807) is 0 Å². The molecule has 0 heterocycles. The first-order valence-corrected chi connectivity index (χ1v) is 7.81. The predicted molar refractivity (Wildman–Crippen MR) is 72.8 cm³/mol. The normalized spacial score (nSPS) is 22.4. The van der Waals surface area contributed by atoms with Crippen LogP contribution in [0.25, 0.3) is 0 Å². The van der Waals surface area contributed by atoms with Crippen molar-refractivity contribution in [3.05, 3.63) is 24.0 Å². The molecule has 1 aromatic carbocycles. The standard InChI is InChI=1S/C13H19FN2O2S/c1-13(2)6-5-9(8-13)16-12-4-3-10(7-11(12)14)19(15,17)18/h3-4,7,9,16H,5-6,8H2,1-2H3,(H2,15,17,18). The van der Waals surface area contributed by atoms with E-state index < -0.39 is 15.8 Å². The van der Waals surface area contributed by atoms with Crippen molar-refractivity contribution in [2.24, 2.45) is 10.6 Å². The van der Waals surface area contributed by atoms with Crippen LogP contribution in [0.3, 0.4) is 0 Å². The van der Waals surface area contributed by atoms with Crippen molar-refractivity contribution in [1.82, 2.24) is 0 Å². The maximum absolute atomic E-state index is 13.8. The van der Waals surface area contributed by atoms with E-state index in [0.29, 0.717) is 5.69 Å². The van der Waals surface area contributed by atoms with Crippen LogP contribution in [0, 0.1) is 11.2 Å². The van der Waals surface area contributed by atoms with Gasteiger partial charge in [0.15, 0.2) is 0 Å². The summed E-state index contributed by atoms with van der Waals surface area (Å²) in [6.45, 7) is 4.38. The van der Waals surface area contributed by atoms with Gasteiger partial charge in [-0.1, -0.05) is 13.8 Å². The highest BCUT2D eigenvalue weighted by Crippen LogP contribution is 2.38. The van der Waals surface area contributed by atoms with Gasteiger partial charge in [-0.15, -0.1) is 0 Å². The minimum absolute atomic E-state index is 0.206. The van der Waals surface area contributed by atoms with Gasteiger partial charge in [0.25, 0.3) is 0 Å². The van der Waals surface area contributed by atoms with Crippen molar-refractivity contribution in [1.29, 1.82) is 0 Å². The minimum atomic E-state index is -3.86. The zero-order valence-electron chi connectivity index (χ0n) is 11.1. The van der Waals surface area contributed by atoms with Gasteiger partial charge in [0.05, 0.1) is 10.6 Å². The molecule has 1 saturated carbocycles. The quantitative estimate of drug-likeness (QED) is 0.896. The molecule has 3 N–H and O–H groups in total. The lowest BCUT2D eigenvalue weighted by molar-refractivity contribution is 0.378. The van der Waals surface area contributed by atoms with Crippen LogP contribution in [0.2, 0.25) is 0 Å². The Morgan fingerprint density at radius 2 is 2.11 bits per heavy atom. The molecule has 0 amide bonds. The Morgan fingerprint density at radius 1 is 1.42 bits per heavy atom. The lowest BCUT2D eigenvalue weighted by Gasteiger charge is -2.19. The molecule has 0 spiro atoms. The summed E-state index contributed by atoms with van der Waals surface area (Å²) in [6, 6.07) is 3.93. The van der Waals surface area contributed by atoms with Gasteiger partial charge in [0.2, 0.25) is 10.0 Å². The zero-order valence-corrected chi connectivity index (χ0v) is 11.9. The molecule has 6 heteroatoms. The van der Waals surface area contributed by atoms with Gasteiger partial charge in [-0.2, -0.15) is 0 Å². The second-order valence-corrected chi connectivity index (χ2v) is 7.50. The van der Waals surface area contributed by atoms with Gasteiger partial charge >= 0.3 is 0 Å². The van der Waals surface area contributed by atoms with E-state index in [1.807, 2.05) is 0 Å². The van der Waals surface area contributed by atoms with Gasteiger partial charge in [0, 0.05) is 6.04 Å². The highest BCUT2D eigenvalue weighted by Gasteiger charge is 2.31. The molecule has 2 rings (SSSR count). The zero-order chi connectivity index (χ0) is 14.3. The van der Waals surface area contributed by atoms with Gasteiger partial charge in [-0.05, 0) is 42.9 Å². The summed E-state index contributed by atoms with van der Waals surface area (Å²) < 4.78 is 36.1. The number of halogens is 1. The Balaban J connectivity index is 2.15. The second-order valence-electron chi connectivity index (χ2n) is 5.93. The van der Waals surface area contributed by atoms with E-state index in [0.717, 1.165) is 25.3 Å². The average molecular weight is 286 g/mol. The summed E-state index contributed by atoms with van der Waals surface area (Å²) in [5, 5.41) is 8.09. The summed E-state index contributed by atoms with van der Waals surface area (Å²) in [7, 11) is -3.86. The highest BCUT2D eigenvalue weighted by molar-refractivity contribution is 7.89. The SMILES string of the molecule is CC1(C)CCC(Nc2ccc(S(N)(=O)=O)cc2F)C1. The maximum atomic E-state index is 13.8. The van der Waals surface area contributed by atoms with Crippen LogP contribution < -0.4 is 10.5 Å². The van der Waals surface area contributed by atoms with Crippen LogP contribution in [-0.4, -0.2) is 14.5 Å². The predicted octanol–water partition coefficient (Wildman–Crippen LogP) is 2.46. The van der Waals surface area contributed by atoms with Crippen LogP contribution >= 0.6 is 0 Å².